The molecule has 3 rings (SSSR count). The van der Waals surface area contributed by atoms with Crippen LogP contribution in [0, 0.1) is 0 Å². The van der Waals surface area contributed by atoms with E-state index in [1.165, 1.54) is 4.90 Å². The molecule has 0 aliphatic carbocycles. The summed E-state index contributed by atoms with van der Waals surface area (Å²) in [7, 11) is 0. The van der Waals surface area contributed by atoms with Gasteiger partial charge < -0.3 is 9.64 Å². The predicted octanol–water partition coefficient (Wildman–Crippen LogP) is 1.82. The lowest BCUT2D eigenvalue weighted by Crippen LogP contribution is -2.48. The van der Waals surface area contributed by atoms with Crippen LogP contribution in [-0.2, 0) is 22.5 Å². The van der Waals surface area contributed by atoms with Gasteiger partial charge in [-0.25, -0.2) is 15.0 Å². The van der Waals surface area contributed by atoms with Crippen LogP contribution in [0.5, 0.6) is 0 Å². The summed E-state index contributed by atoms with van der Waals surface area (Å²) in [4.78, 5) is 38.2. The average molecular weight is 317 g/mol. The van der Waals surface area contributed by atoms with E-state index in [0.29, 0.717) is 13.0 Å². The van der Waals surface area contributed by atoms with Gasteiger partial charge in [0.25, 0.3) is 5.91 Å². The Morgan fingerprint density at radius 3 is 2.52 bits per heavy atom. The number of fused-ring (bicyclic) bond motifs is 2. The Kier molecular flexibility index (Phi) is 3.50. The lowest BCUT2D eigenvalue weighted by molar-refractivity contribution is -0.130. The van der Waals surface area contributed by atoms with Gasteiger partial charge in [-0.1, -0.05) is 24.3 Å². The molecule has 1 N–H and O–H groups in total. The molecular formula is C16H19N3O4. The molecule has 0 radical (unpaired) electrons. The number of ether oxygens (including phenoxy) is 1. The maximum atomic E-state index is 12.5. The highest BCUT2D eigenvalue weighted by molar-refractivity contribution is 6.05. The molecule has 0 aromatic heterocycles. The Labute approximate surface area is 134 Å². The van der Waals surface area contributed by atoms with Crippen molar-refractivity contribution in [3.05, 3.63) is 35.4 Å². The summed E-state index contributed by atoms with van der Waals surface area (Å²) >= 11 is 0. The van der Waals surface area contributed by atoms with Crippen molar-refractivity contribution >= 4 is 18.0 Å². The number of rotatable bonds is 1. The molecule has 1 atom stereocenters. The van der Waals surface area contributed by atoms with Crippen LogP contribution in [0.15, 0.2) is 24.3 Å². The highest BCUT2D eigenvalue weighted by Crippen LogP contribution is 2.29. The Balaban J connectivity index is 1.76. The molecule has 0 bridgehead atoms. The van der Waals surface area contributed by atoms with Gasteiger partial charge in [0.2, 0.25) is 0 Å². The Morgan fingerprint density at radius 1 is 1.22 bits per heavy atom. The first-order valence-corrected chi connectivity index (χ1v) is 7.47. The van der Waals surface area contributed by atoms with Gasteiger partial charge in [0.15, 0.2) is 0 Å². The fourth-order valence-electron chi connectivity index (χ4n) is 2.81. The zero-order valence-corrected chi connectivity index (χ0v) is 13.3. The molecule has 1 fully saturated rings. The third kappa shape index (κ3) is 2.86. The average Bonchev–Trinajstić information content (AvgIpc) is 2.68. The summed E-state index contributed by atoms with van der Waals surface area (Å²) in [5.74, 6) is -0.435. The first-order valence-electron chi connectivity index (χ1n) is 7.47. The normalized spacial score (nSPS) is 20.2. The molecule has 1 aromatic rings. The van der Waals surface area contributed by atoms with E-state index in [0.717, 1.165) is 16.1 Å². The number of nitrogens with zero attached hydrogens (tertiary/aromatic N) is 2. The van der Waals surface area contributed by atoms with Gasteiger partial charge >= 0.3 is 12.1 Å². The van der Waals surface area contributed by atoms with Crippen LogP contribution < -0.4 is 5.43 Å². The van der Waals surface area contributed by atoms with E-state index in [9.17, 15) is 14.4 Å². The van der Waals surface area contributed by atoms with Crippen molar-refractivity contribution in [1.82, 2.24) is 15.3 Å². The van der Waals surface area contributed by atoms with Gasteiger partial charge in [0, 0.05) is 13.0 Å². The minimum absolute atomic E-state index is 0.359. The third-order valence-corrected chi connectivity index (χ3v) is 3.79. The van der Waals surface area contributed by atoms with E-state index in [4.69, 9.17) is 4.74 Å². The van der Waals surface area contributed by atoms with Crippen molar-refractivity contribution in [1.29, 1.82) is 0 Å². The van der Waals surface area contributed by atoms with Gasteiger partial charge in [0.05, 0.1) is 0 Å². The van der Waals surface area contributed by atoms with E-state index in [1.54, 1.807) is 20.8 Å². The minimum atomic E-state index is -0.823. The van der Waals surface area contributed by atoms with E-state index < -0.39 is 29.7 Å². The molecule has 4 amide bonds. The van der Waals surface area contributed by atoms with Crippen LogP contribution >= 0.6 is 0 Å². The van der Waals surface area contributed by atoms with Crippen molar-refractivity contribution in [3.63, 3.8) is 0 Å². The quantitative estimate of drug-likeness (QED) is 0.801. The molecule has 1 unspecified atom stereocenters. The van der Waals surface area contributed by atoms with Gasteiger partial charge in [-0.15, -0.1) is 0 Å². The molecule has 0 saturated carbocycles. The van der Waals surface area contributed by atoms with Crippen molar-refractivity contribution in [3.8, 4) is 0 Å². The van der Waals surface area contributed by atoms with Crippen molar-refractivity contribution in [2.75, 3.05) is 0 Å². The highest BCUT2D eigenvalue weighted by Gasteiger charge is 2.48. The summed E-state index contributed by atoms with van der Waals surface area (Å²) in [6.45, 7) is 5.48. The topological polar surface area (TPSA) is 79.0 Å². The monoisotopic (exact) mass is 317 g/mol. The zero-order valence-electron chi connectivity index (χ0n) is 13.3. The number of hydrogen-bond acceptors (Lipinski definition) is 4. The van der Waals surface area contributed by atoms with Gasteiger partial charge in [-0.3, -0.25) is 4.79 Å². The Hall–Kier alpha value is -2.57. The lowest BCUT2D eigenvalue weighted by atomic mass is 9.95. The molecule has 1 saturated heterocycles. The summed E-state index contributed by atoms with van der Waals surface area (Å²) < 4.78 is 5.10. The van der Waals surface area contributed by atoms with Crippen molar-refractivity contribution in [2.24, 2.45) is 0 Å². The molecule has 2 aliphatic rings. The third-order valence-electron chi connectivity index (χ3n) is 3.79. The maximum Gasteiger partial charge on any atom is 0.427 e. The number of carbonyl (C=O) groups is 3. The van der Waals surface area contributed by atoms with Gasteiger partial charge in [0.1, 0.15) is 11.6 Å². The second-order valence-electron chi connectivity index (χ2n) is 6.69. The van der Waals surface area contributed by atoms with Gasteiger partial charge in [-0.05, 0) is 31.9 Å². The maximum absolute atomic E-state index is 12.5. The number of hydrazine groups is 1. The number of hydrogen-bond donors (Lipinski definition) is 1. The number of amides is 4. The molecule has 7 nitrogen and oxygen atoms in total. The molecule has 23 heavy (non-hydrogen) atoms. The fraction of sp³-hybridized carbons (Fsp3) is 0.438. The van der Waals surface area contributed by atoms with Crippen LogP contribution in [0.2, 0.25) is 0 Å². The number of benzene rings is 1. The Morgan fingerprint density at radius 2 is 1.87 bits per heavy atom. The van der Waals surface area contributed by atoms with Crippen LogP contribution in [0.4, 0.5) is 9.59 Å². The molecular weight excluding hydrogens is 298 g/mol. The summed E-state index contributed by atoms with van der Waals surface area (Å²) in [5.41, 5.74) is 3.61. The van der Waals surface area contributed by atoms with Gasteiger partial charge in [-0.2, -0.15) is 5.01 Å². The summed E-state index contributed by atoms with van der Waals surface area (Å²) in [5, 5.41) is 0.755. The first-order chi connectivity index (χ1) is 10.8. The highest BCUT2D eigenvalue weighted by atomic mass is 16.6. The second-order valence-corrected chi connectivity index (χ2v) is 6.69. The van der Waals surface area contributed by atoms with Crippen LogP contribution in [0.3, 0.4) is 0 Å². The second kappa shape index (κ2) is 5.26. The van der Waals surface area contributed by atoms with Crippen LogP contribution in [0.25, 0.3) is 0 Å². The van der Waals surface area contributed by atoms with Crippen molar-refractivity contribution in [2.45, 2.75) is 45.4 Å². The van der Waals surface area contributed by atoms with Crippen LogP contribution in [-0.4, -0.2) is 39.6 Å². The molecule has 2 aliphatic heterocycles. The standard InChI is InChI=1S/C16H19N3O4/c1-16(2,3)23-14(21)17-19-13(20)12-8-10-6-4-5-7-11(10)9-18(12)15(19)22/h4-7,12H,8-9H2,1-3H3,(H,17,21). The number of urea groups is 1. The number of imide groups is 1. The lowest BCUT2D eigenvalue weighted by Gasteiger charge is -2.28. The molecule has 2 heterocycles. The minimum Gasteiger partial charge on any atom is -0.443 e. The molecule has 122 valence electrons. The summed E-state index contributed by atoms with van der Waals surface area (Å²) in [6, 6.07) is 6.60. The van der Waals surface area contributed by atoms with E-state index >= 15 is 0 Å². The van der Waals surface area contributed by atoms with E-state index in [2.05, 4.69) is 5.43 Å². The fourth-order valence-corrected chi connectivity index (χ4v) is 2.81. The summed E-state index contributed by atoms with van der Waals surface area (Å²) in [6.07, 6.45) is -0.371. The van der Waals surface area contributed by atoms with E-state index in [1.807, 2.05) is 24.3 Å². The van der Waals surface area contributed by atoms with Crippen molar-refractivity contribution < 1.29 is 19.1 Å². The largest absolute Gasteiger partial charge is 0.443 e. The Bertz CT molecular complexity index is 637. The molecule has 0 spiro atoms. The van der Waals surface area contributed by atoms with E-state index in [-0.39, 0.29) is 0 Å². The number of nitrogens with one attached hydrogen (secondary N) is 1. The SMILES string of the molecule is CC(C)(C)OC(=O)NN1C(=O)C2Cc3ccccc3CN2C1=O. The first kappa shape index (κ1) is 15.3. The zero-order chi connectivity index (χ0) is 16.8. The smallest absolute Gasteiger partial charge is 0.427 e. The van der Waals surface area contributed by atoms with Crippen LogP contribution in [0.1, 0.15) is 31.9 Å². The predicted molar refractivity (Wildman–Crippen MR) is 81.1 cm³/mol. The number of carbonyl (C=O) groups excluding carboxylic acids is 3. The molecule has 7 heteroatoms. The molecule has 1 aromatic carbocycles.